The van der Waals surface area contributed by atoms with Gasteiger partial charge in [0.05, 0.1) is 11.0 Å². The molecule has 1 aromatic heterocycles. The van der Waals surface area contributed by atoms with Crippen molar-refractivity contribution in [2.24, 2.45) is 0 Å². The van der Waals surface area contributed by atoms with Gasteiger partial charge in [-0.15, -0.1) is 0 Å². The molecule has 4 nitrogen and oxygen atoms in total. The second kappa shape index (κ2) is 4.52. The summed E-state index contributed by atoms with van der Waals surface area (Å²) in [5, 5.41) is 3.10. The van der Waals surface area contributed by atoms with Crippen molar-refractivity contribution in [3.63, 3.8) is 0 Å². The monoisotopic (exact) mass is 245 g/mol. The van der Waals surface area contributed by atoms with Crippen LogP contribution < -0.4 is 11.0 Å². The predicted molar refractivity (Wildman–Crippen MR) is 74.2 cm³/mol. The van der Waals surface area contributed by atoms with Crippen LogP contribution in [0.15, 0.2) is 23.0 Å². The van der Waals surface area contributed by atoms with Gasteiger partial charge in [-0.1, -0.05) is 19.3 Å². The number of imidazole rings is 1. The Balaban J connectivity index is 2.10. The molecule has 1 saturated carbocycles. The van der Waals surface area contributed by atoms with Crippen LogP contribution in [0.5, 0.6) is 0 Å². The first-order chi connectivity index (χ1) is 8.79. The third kappa shape index (κ3) is 1.82. The average molecular weight is 245 g/mol. The first-order valence-corrected chi connectivity index (χ1v) is 6.71. The van der Waals surface area contributed by atoms with E-state index in [1.807, 2.05) is 29.8 Å². The second-order valence-electron chi connectivity index (χ2n) is 5.07. The molecule has 4 heteroatoms. The van der Waals surface area contributed by atoms with E-state index in [2.05, 4.69) is 10.3 Å². The Morgan fingerprint density at radius 1 is 1.28 bits per heavy atom. The van der Waals surface area contributed by atoms with E-state index >= 15 is 0 Å². The van der Waals surface area contributed by atoms with Crippen molar-refractivity contribution in [3.8, 4) is 0 Å². The Morgan fingerprint density at radius 3 is 2.78 bits per heavy atom. The molecule has 1 aliphatic rings. The standard InChI is InChI=1S/C14H19N3O/c1-15-10-7-8-13-12(9-10)16-14(18)17(13)11-5-3-2-4-6-11/h7-9,11,15H,2-6H2,1H3,(H,16,18). The lowest BCUT2D eigenvalue weighted by molar-refractivity contribution is 0.353. The fourth-order valence-corrected chi connectivity index (χ4v) is 2.99. The predicted octanol–water partition coefficient (Wildman–Crippen LogP) is 2.88. The van der Waals surface area contributed by atoms with E-state index in [0.717, 1.165) is 29.6 Å². The number of nitrogens with zero attached hydrogens (tertiary/aromatic N) is 1. The van der Waals surface area contributed by atoms with Crippen LogP contribution in [-0.2, 0) is 0 Å². The molecule has 1 fully saturated rings. The number of rotatable bonds is 2. The fourth-order valence-electron chi connectivity index (χ4n) is 2.99. The highest BCUT2D eigenvalue weighted by molar-refractivity contribution is 5.79. The Labute approximate surface area is 106 Å². The van der Waals surface area contributed by atoms with E-state index in [0.29, 0.717) is 6.04 Å². The van der Waals surface area contributed by atoms with E-state index in [4.69, 9.17) is 0 Å². The fraction of sp³-hybridized carbons (Fsp3) is 0.500. The van der Waals surface area contributed by atoms with Gasteiger partial charge in [-0.25, -0.2) is 4.79 Å². The van der Waals surface area contributed by atoms with E-state index < -0.39 is 0 Å². The largest absolute Gasteiger partial charge is 0.388 e. The maximum atomic E-state index is 12.1. The lowest BCUT2D eigenvalue weighted by atomic mass is 9.95. The summed E-state index contributed by atoms with van der Waals surface area (Å²) in [5.74, 6) is 0. The zero-order valence-corrected chi connectivity index (χ0v) is 10.7. The van der Waals surface area contributed by atoms with Gasteiger partial charge in [0.25, 0.3) is 0 Å². The number of nitrogens with one attached hydrogen (secondary N) is 2. The number of hydrogen-bond acceptors (Lipinski definition) is 2. The van der Waals surface area contributed by atoms with Gasteiger partial charge in [-0.2, -0.15) is 0 Å². The Morgan fingerprint density at radius 2 is 2.06 bits per heavy atom. The normalized spacial score (nSPS) is 17.2. The number of fused-ring (bicyclic) bond motifs is 1. The molecular weight excluding hydrogens is 226 g/mol. The van der Waals surface area contributed by atoms with Gasteiger partial charge >= 0.3 is 5.69 Å². The Bertz CT molecular complexity index is 605. The van der Waals surface area contributed by atoms with Crippen LogP contribution in [-0.4, -0.2) is 16.6 Å². The molecule has 0 saturated heterocycles. The van der Waals surface area contributed by atoms with Crippen LogP contribution in [0.4, 0.5) is 5.69 Å². The molecule has 3 rings (SSSR count). The molecule has 2 aromatic rings. The van der Waals surface area contributed by atoms with Crippen LogP contribution in [0.1, 0.15) is 38.1 Å². The summed E-state index contributed by atoms with van der Waals surface area (Å²) in [7, 11) is 1.89. The molecule has 0 amide bonds. The molecule has 0 atom stereocenters. The Kier molecular flexibility index (Phi) is 2.86. The third-order valence-electron chi connectivity index (χ3n) is 3.95. The highest BCUT2D eigenvalue weighted by Crippen LogP contribution is 2.29. The van der Waals surface area contributed by atoms with E-state index in [9.17, 15) is 4.79 Å². The van der Waals surface area contributed by atoms with Crippen molar-refractivity contribution in [2.75, 3.05) is 12.4 Å². The maximum Gasteiger partial charge on any atom is 0.326 e. The van der Waals surface area contributed by atoms with Crippen molar-refractivity contribution < 1.29 is 0 Å². The molecule has 0 aliphatic heterocycles. The molecule has 18 heavy (non-hydrogen) atoms. The van der Waals surface area contributed by atoms with Crippen LogP contribution in [0.2, 0.25) is 0 Å². The van der Waals surface area contributed by atoms with Crippen molar-refractivity contribution in [1.82, 2.24) is 9.55 Å². The summed E-state index contributed by atoms with van der Waals surface area (Å²) < 4.78 is 1.95. The van der Waals surface area contributed by atoms with Crippen molar-refractivity contribution in [1.29, 1.82) is 0 Å². The van der Waals surface area contributed by atoms with Gasteiger partial charge in [0.1, 0.15) is 0 Å². The van der Waals surface area contributed by atoms with Crippen LogP contribution in [0, 0.1) is 0 Å². The number of aromatic nitrogens is 2. The minimum Gasteiger partial charge on any atom is -0.388 e. The maximum absolute atomic E-state index is 12.1. The summed E-state index contributed by atoms with van der Waals surface area (Å²) in [6, 6.07) is 6.43. The minimum atomic E-state index is 0.0325. The van der Waals surface area contributed by atoms with Crippen LogP contribution in [0.25, 0.3) is 11.0 Å². The Hall–Kier alpha value is -1.71. The van der Waals surface area contributed by atoms with Crippen LogP contribution in [0.3, 0.4) is 0 Å². The zero-order chi connectivity index (χ0) is 12.5. The summed E-state index contributed by atoms with van der Waals surface area (Å²) in [6.07, 6.45) is 6.02. The lowest BCUT2D eigenvalue weighted by Gasteiger charge is -2.22. The van der Waals surface area contributed by atoms with Gasteiger partial charge in [-0.05, 0) is 31.0 Å². The molecule has 0 unspecified atom stereocenters. The number of benzene rings is 1. The van der Waals surface area contributed by atoms with Gasteiger partial charge in [-0.3, -0.25) is 4.57 Å². The number of aromatic amines is 1. The molecule has 0 spiro atoms. The lowest BCUT2D eigenvalue weighted by Crippen LogP contribution is -2.23. The second-order valence-corrected chi connectivity index (χ2v) is 5.07. The van der Waals surface area contributed by atoms with Crippen LogP contribution >= 0.6 is 0 Å². The van der Waals surface area contributed by atoms with E-state index in [1.165, 1.54) is 19.3 Å². The molecular formula is C14H19N3O. The van der Waals surface area contributed by atoms with Crippen molar-refractivity contribution in [3.05, 3.63) is 28.7 Å². The van der Waals surface area contributed by atoms with Gasteiger partial charge < -0.3 is 10.3 Å². The SMILES string of the molecule is CNc1ccc2c(c1)[nH]c(=O)n2C1CCCCC1. The van der Waals surface area contributed by atoms with E-state index in [1.54, 1.807) is 0 Å². The quantitative estimate of drug-likeness (QED) is 0.854. The van der Waals surface area contributed by atoms with Gasteiger partial charge in [0.2, 0.25) is 0 Å². The minimum absolute atomic E-state index is 0.0325. The van der Waals surface area contributed by atoms with Crippen molar-refractivity contribution >= 4 is 16.7 Å². The van der Waals surface area contributed by atoms with E-state index in [-0.39, 0.29) is 5.69 Å². The molecule has 0 radical (unpaired) electrons. The van der Waals surface area contributed by atoms with Gasteiger partial charge in [0.15, 0.2) is 0 Å². The molecule has 2 N–H and O–H groups in total. The molecule has 96 valence electrons. The topological polar surface area (TPSA) is 49.8 Å². The summed E-state index contributed by atoms with van der Waals surface area (Å²) in [6.45, 7) is 0. The third-order valence-corrected chi connectivity index (χ3v) is 3.95. The summed E-state index contributed by atoms with van der Waals surface area (Å²) in [4.78, 5) is 15.1. The highest BCUT2D eigenvalue weighted by atomic mass is 16.1. The number of anilines is 1. The highest BCUT2D eigenvalue weighted by Gasteiger charge is 2.19. The molecule has 0 bridgehead atoms. The smallest absolute Gasteiger partial charge is 0.326 e. The summed E-state index contributed by atoms with van der Waals surface area (Å²) in [5.41, 5.74) is 3.02. The first-order valence-electron chi connectivity index (χ1n) is 6.71. The first kappa shape index (κ1) is 11.4. The average Bonchev–Trinajstić information content (AvgIpc) is 2.74. The zero-order valence-electron chi connectivity index (χ0n) is 10.7. The number of H-pyrrole nitrogens is 1. The van der Waals surface area contributed by atoms with Crippen molar-refractivity contribution in [2.45, 2.75) is 38.1 Å². The number of hydrogen-bond donors (Lipinski definition) is 2. The van der Waals surface area contributed by atoms with Gasteiger partial charge in [0, 0.05) is 18.8 Å². The molecule has 1 aliphatic carbocycles. The molecule has 1 heterocycles. The summed E-state index contributed by atoms with van der Waals surface area (Å²) >= 11 is 0. The molecule has 1 aromatic carbocycles.